The summed E-state index contributed by atoms with van der Waals surface area (Å²) < 4.78 is 0. The number of benzene rings is 1. The van der Waals surface area contributed by atoms with Crippen LogP contribution in [-0.4, -0.2) is 29.9 Å². The van der Waals surface area contributed by atoms with Crippen LogP contribution in [0, 0.1) is 6.57 Å². The lowest BCUT2D eigenvalue weighted by atomic mass is 10.1. The SMILES string of the molecule is [C-]#[N+]C(C(=O)c1ccccc1)N1CCCCC1. The van der Waals surface area contributed by atoms with Crippen molar-refractivity contribution in [2.24, 2.45) is 0 Å². The third-order valence-electron chi connectivity index (χ3n) is 3.15. The van der Waals surface area contributed by atoms with E-state index in [0.29, 0.717) is 5.56 Å². The first kappa shape index (κ1) is 11.8. The minimum absolute atomic E-state index is 0.0671. The van der Waals surface area contributed by atoms with Gasteiger partial charge in [0.1, 0.15) is 0 Å². The number of hydrogen-bond acceptors (Lipinski definition) is 2. The standard InChI is InChI=1S/C14H16N2O/c1-15-14(16-10-6-3-7-11-16)13(17)12-8-4-2-5-9-12/h2,4-5,8-9,14H,3,6-7,10-11H2. The van der Waals surface area contributed by atoms with Crippen molar-refractivity contribution in [2.45, 2.75) is 25.4 Å². The zero-order valence-electron chi connectivity index (χ0n) is 9.80. The molecule has 1 aliphatic rings. The molecule has 1 unspecified atom stereocenters. The van der Waals surface area contributed by atoms with Gasteiger partial charge >= 0.3 is 6.17 Å². The Balaban J connectivity index is 2.13. The molecule has 3 heteroatoms. The molecule has 3 nitrogen and oxygen atoms in total. The van der Waals surface area contributed by atoms with Gasteiger partial charge in [0.15, 0.2) is 0 Å². The maximum Gasteiger partial charge on any atom is 0.342 e. The Bertz CT molecular complexity index is 416. The molecule has 1 fully saturated rings. The van der Waals surface area contributed by atoms with Gasteiger partial charge in [0.05, 0.1) is 0 Å². The molecule has 1 aromatic carbocycles. The fraction of sp³-hybridized carbons (Fsp3) is 0.429. The minimum atomic E-state index is -0.627. The van der Waals surface area contributed by atoms with Crippen LogP contribution >= 0.6 is 0 Å². The highest BCUT2D eigenvalue weighted by molar-refractivity contribution is 6.00. The molecule has 17 heavy (non-hydrogen) atoms. The highest BCUT2D eigenvalue weighted by atomic mass is 16.1. The van der Waals surface area contributed by atoms with Gasteiger partial charge in [-0.1, -0.05) is 36.8 Å². The number of nitrogens with zero attached hydrogens (tertiary/aromatic N) is 2. The van der Waals surface area contributed by atoms with Crippen molar-refractivity contribution < 1.29 is 4.79 Å². The fourth-order valence-electron chi connectivity index (χ4n) is 2.22. The topological polar surface area (TPSA) is 24.7 Å². The number of ketones is 1. The Kier molecular flexibility index (Phi) is 3.89. The van der Waals surface area contributed by atoms with Crippen molar-refractivity contribution in [1.82, 2.24) is 4.90 Å². The van der Waals surface area contributed by atoms with Crippen molar-refractivity contribution in [2.75, 3.05) is 13.1 Å². The van der Waals surface area contributed by atoms with Crippen molar-refractivity contribution >= 4 is 5.78 Å². The summed E-state index contributed by atoms with van der Waals surface area (Å²) in [5, 5.41) is 0. The summed E-state index contributed by atoms with van der Waals surface area (Å²) in [7, 11) is 0. The van der Waals surface area contributed by atoms with E-state index in [1.165, 1.54) is 6.42 Å². The van der Waals surface area contributed by atoms with Crippen LogP contribution in [0.1, 0.15) is 29.6 Å². The quantitative estimate of drug-likeness (QED) is 0.586. The molecular weight excluding hydrogens is 212 g/mol. The normalized spacial score (nSPS) is 18.3. The summed E-state index contributed by atoms with van der Waals surface area (Å²) in [4.78, 5) is 17.7. The van der Waals surface area contributed by atoms with Crippen molar-refractivity contribution in [3.05, 3.63) is 47.3 Å². The predicted octanol–water partition coefficient (Wildman–Crippen LogP) is 2.60. The van der Waals surface area contributed by atoms with Gasteiger partial charge in [-0.15, -0.1) is 0 Å². The number of carbonyl (C=O) groups excluding carboxylic acids is 1. The van der Waals surface area contributed by atoms with E-state index in [9.17, 15) is 4.79 Å². The molecule has 1 saturated heterocycles. The monoisotopic (exact) mass is 228 g/mol. The molecule has 0 radical (unpaired) electrons. The van der Waals surface area contributed by atoms with E-state index in [4.69, 9.17) is 6.57 Å². The van der Waals surface area contributed by atoms with Crippen molar-refractivity contribution in [3.8, 4) is 0 Å². The van der Waals surface area contributed by atoms with E-state index in [-0.39, 0.29) is 5.78 Å². The van der Waals surface area contributed by atoms with E-state index in [1.807, 2.05) is 23.1 Å². The van der Waals surface area contributed by atoms with E-state index < -0.39 is 6.17 Å². The van der Waals surface area contributed by atoms with E-state index in [0.717, 1.165) is 25.9 Å². The van der Waals surface area contributed by atoms with E-state index in [1.54, 1.807) is 12.1 Å². The molecule has 1 heterocycles. The molecular formula is C14H16N2O. The molecule has 1 atom stereocenters. The Morgan fingerprint density at radius 1 is 1.18 bits per heavy atom. The molecule has 0 amide bonds. The predicted molar refractivity (Wildman–Crippen MR) is 66.6 cm³/mol. The first-order valence-corrected chi connectivity index (χ1v) is 6.03. The molecule has 0 aliphatic carbocycles. The van der Waals surface area contributed by atoms with Crippen LogP contribution < -0.4 is 0 Å². The third kappa shape index (κ3) is 2.72. The van der Waals surface area contributed by atoms with E-state index >= 15 is 0 Å². The minimum Gasteiger partial charge on any atom is -0.287 e. The molecule has 1 aromatic rings. The van der Waals surface area contributed by atoms with Gasteiger partial charge < -0.3 is 0 Å². The molecule has 0 N–H and O–H groups in total. The number of Topliss-reactive ketones (excluding diaryl/α,β-unsaturated/α-hetero) is 1. The molecule has 0 bridgehead atoms. The summed E-state index contributed by atoms with van der Waals surface area (Å²) in [6, 6.07) is 9.12. The van der Waals surface area contributed by atoms with Gasteiger partial charge in [0.25, 0.3) is 5.78 Å². The van der Waals surface area contributed by atoms with Crippen LogP contribution in [0.15, 0.2) is 30.3 Å². The number of likely N-dealkylation sites (tertiary alicyclic amines) is 1. The van der Waals surface area contributed by atoms with Gasteiger partial charge in [-0.3, -0.25) is 9.64 Å². The first-order valence-electron chi connectivity index (χ1n) is 6.03. The average molecular weight is 228 g/mol. The molecule has 1 aliphatic heterocycles. The van der Waals surface area contributed by atoms with Gasteiger partial charge in [0, 0.05) is 18.7 Å². The summed E-state index contributed by atoms with van der Waals surface area (Å²) in [6.45, 7) is 8.97. The van der Waals surface area contributed by atoms with Gasteiger partial charge in [-0.2, -0.15) is 0 Å². The summed E-state index contributed by atoms with van der Waals surface area (Å²) in [6.07, 6.45) is 2.76. The van der Waals surface area contributed by atoms with Crippen LogP contribution in [0.4, 0.5) is 0 Å². The molecule has 2 rings (SSSR count). The van der Waals surface area contributed by atoms with Crippen LogP contribution in [0.2, 0.25) is 0 Å². The van der Waals surface area contributed by atoms with Crippen LogP contribution in [0.5, 0.6) is 0 Å². The van der Waals surface area contributed by atoms with Gasteiger partial charge in [-0.25, -0.2) is 11.5 Å². The Hall–Kier alpha value is -1.66. The van der Waals surface area contributed by atoms with Crippen molar-refractivity contribution in [3.63, 3.8) is 0 Å². The zero-order valence-corrected chi connectivity index (χ0v) is 9.80. The lowest BCUT2D eigenvalue weighted by molar-refractivity contribution is 0.0840. The van der Waals surface area contributed by atoms with Crippen LogP contribution in [0.3, 0.4) is 0 Å². The Labute approximate surface area is 102 Å². The molecule has 0 aromatic heterocycles. The molecule has 0 saturated carbocycles. The largest absolute Gasteiger partial charge is 0.342 e. The lowest BCUT2D eigenvalue weighted by Crippen LogP contribution is -2.42. The van der Waals surface area contributed by atoms with Gasteiger partial charge in [-0.05, 0) is 12.8 Å². The maximum absolute atomic E-state index is 12.2. The maximum atomic E-state index is 12.2. The second kappa shape index (κ2) is 5.60. The second-order valence-corrected chi connectivity index (χ2v) is 4.33. The summed E-state index contributed by atoms with van der Waals surface area (Å²) >= 11 is 0. The molecule has 88 valence electrons. The summed E-state index contributed by atoms with van der Waals surface area (Å²) in [5.41, 5.74) is 0.638. The van der Waals surface area contributed by atoms with Crippen LogP contribution in [-0.2, 0) is 0 Å². The van der Waals surface area contributed by atoms with Crippen LogP contribution in [0.25, 0.3) is 4.85 Å². The third-order valence-corrected chi connectivity index (χ3v) is 3.15. The first-order chi connectivity index (χ1) is 8.33. The molecule has 0 spiro atoms. The van der Waals surface area contributed by atoms with E-state index in [2.05, 4.69) is 4.85 Å². The number of rotatable bonds is 3. The number of hydrogen-bond donors (Lipinski definition) is 0. The average Bonchev–Trinajstić information content (AvgIpc) is 2.42. The Morgan fingerprint density at radius 2 is 1.82 bits per heavy atom. The fourth-order valence-corrected chi connectivity index (χ4v) is 2.22. The summed E-state index contributed by atoms with van der Waals surface area (Å²) in [5.74, 6) is -0.0671. The highest BCUT2D eigenvalue weighted by Gasteiger charge is 2.32. The smallest absolute Gasteiger partial charge is 0.287 e. The zero-order chi connectivity index (χ0) is 12.1. The van der Waals surface area contributed by atoms with Gasteiger partial charge in [0.2, 0.25) is 0 Å². The lowest BCUT2D eigenvalue weighted by Gasteiger charge is -2.26. The Morgan fingerprint density at radius 3 is 2.41 bits per heavy atom. The highest BCUT2D eigenvalue weighted by Crippen LogP contribution is 2.16. The van der Waals surface area contributed by atoms with Crippen molar-refractivity contribution in [1.29, 1.82) is 0 Å². The number of carbonyl (C=O) groups is 1. The number of piperidine rings is 1. The second-order valence-electron chi connectivity index (χ2n) is 4.33.